The van der Waals surface area contributed by atoms with Crippen LogP contribution in [0.1, 0.15) is 110 Å². The molecular weight excluding hydrogens is 1650 g/mol. The second-order valence-electron chi connectivity index (χ2n) is 26.7. The summed E-state index contributed by atoms with van der Waals surface area (Å²) in [6.45, 7) is -3.62. The number of carbonyl (C=O) groups excluding carboxylic acids is 9. The molecule has 1 fully saturated rings. The maximum absolute atomic E-state index is 15.8. The second-order valence-corrected chi connectivity index (χ2v) is 26.7. The van der Waals surface area contributed by atoms with Crippen molar-refractivity contribution in [1.29, 1.82) is 0 Å². The van der Waals surface area contributed by atoms with Crippen LogP contribution in [-0.2, 0) is 47.4 Å². The SMILES string of the molecule is O=C(O[C@@H]1O[C@H](COC(=O)c2cc(O)c(O)c(O)c2[C@H]2c3c(O)c(O)c(O)c4c3C(=O)O[C@@H]2C([C@@H]2OC(=O)c3cc(O)c(O)c(O)c3-c3c(cc(O)c(O)c3O)C(=O)OC[C@H]2O)OC(=O)c2cc(O)c(O)c(O)c2-4)[C@@H](OC(=O)c2cc(O)c(O)c(O)c2)[C@H](OC(=O)c2cc(O)c(O)c(O)c2)[C@H]1OC(=O)c1cc(O)c(O)c(O)c1)c1cc(O)c(O)c(O)c1. The monoisotopic (exact) mass is 1710 g/mol. The van der Waals surface area contributed by atoms with Gasteiger partial charge in [-0.05, 0) is 72.8 Å². The van der Waals surface area contributed by atoms with Crippen LogP contribution in [0.2, 0.25) is 0 Å². The normalized spacial score (nSPS) is 19.7. The van der Waals surface area contributed by atoms with E-state index in [0.29, 0.717) is 54.6 Å². The van der Waals surface area contributed by atoms with Crippen molar-refractivity contribution in [2.45, 2.75) is 61.0 Å². The molecule has 636 valence electrons. The van der Waals surface area contributed by atoms with E-state index in [0.717, 1.165) is 0 Å². The first-order valence-corrected chi connectivity index (χ1v) is 33.9. The van der Waals surface area contributed by atoms with Crippen LogP contribution in [0, 0.1) is 0 Å². The van der Waals surface area contributed by atoms with E-state index in [2.05, 4.69) is 0 Å². The molecular formula is C75H54O47. The minimum absolute atomic E-state index is 0.0831. The Morgan fingerprint density at radius 2 is 0.631 bits per heavy atom. The molecule has 1 saturated heterocycles. The Hall–Kier alpha value is -17.3. The second kappa shape index (κ2) is 30.4. The first-order chi connectivity index (χ1) is 57.3. The number of hydrogen-bond donors (Lipinski definition) is 28. The minimum Gasteiger partial charge on any atom is -0.504 e. The molecule has 9 aromatic carbocycles. The number of benzene rings is 9. The lowest BCUT2D eigenvalue weighted by Crippen LogP contribution is -2.63. The lowest BCUT2D eigenvalue weighted by molar-refractivity contribution is -0.282. The molecule has 0 spiro atoms. The third-order valence-electron chi connectivity index (χ3n) is 19.3. The van der Waals surface area contributed by atoms with Crippen LogP contribution in [-0.4, -0.2) is 265 Å². The molecule has 47 heteroatoms. The van der Waals surface area contributed by atoms with Crippen molar-refractivity contribution in [2.75, 3.05) is 13.2 Å². The number of phenolic OH excluding ortho intramolecular Hbond substituents is 27. The molecule has 9 aromatic rings. The lowest BCUT2D eigenvalue weighted by atomic mass is 9.73. The van der Waals surface area contributed by atoms with Gasteiger partial charge >= 0.3 is 53.7 Å². The number of aliphatic hydroxyl groups excluding tert-OH is 1. The Morgan fingerprint density at radius 3 is 1.06 bits per heavy atom. The number of ether oxygens (including phenoxy) is 10. The Morgan fingerprint density at radius 1 is 0.303 bits per heavy atom. The molecule has 47 nitrogen and oxygen atoms in total. The van der Waals surface area contributed by atoms with Gasteiger partial charge in [0.05, 0.1) is 56.0 Å². The van der Waals surface area contributed by atoms with Crippen molar-refractivity contribution < 1.29 is 234 Å². The van der Waals surface area contributed by atoms with Gasteiger partial charge in [0.2, 0.25) is 41.1 Å². The van der Waals surface area contributed by atoms with Crippen LogP contribution in [0.3, 0.4) is 0 Å². The zero-order valence-electron chi connectivity index (χ0n) is 59.9. The Kier molecular flexibility index (Phi) is 20.6. The first kappa shape index (κ1) is 82.7. The molecule has 4 heterocycles. The van der Waals surface area contributed by atoms with Crippen LogP contribution >= 0.6 is 0 Å². The van der Waals surface area contributed by atoms with E-state index >= 15 is 19.2 Å². The van der Waals surface area contributed by atoms with Crippen LogP contribution in [0.4, 0.5) is 0 Å². The summed E-state index contributed by atoms with van der Waals surface area (Å²) in [6.07, 6.45) is -27.2. The number of aliphatic hydroxyl groups is 1. The van der Waals surface area contributed by atoms with Crippen molar-refractivity contribution in [2.24, 2.45) is 0 Å². The Bertz CT molecular complexity index is 5990. The average Bonchev–Trinajstić information content (AvgIpc) is 0.705. The third-order valence-corrected chi connectivity index (χ3v) is 19.3. The number of carbonyl (C=O) groups is 9. The molecule has 0 saturated carbocycles. The summed E-state index contributed by atoms with van der Waals surface area (Å²) in [6, 6.07) is 3.84. The van der Waals surface area contributed by atoms with Crippen molar-refractivity contribution in [3.05, 3.63) is 134 Å². The lowest BCUT2D eigenvalue weighted by Gasteiger charge is -2.44. The van der Waals surface area contributed by atoms with E-state index < -0.39 is 367 Å². The molecule has 0 aromatic heterocycles. The van der Waals surface area contributed by atoms with Gasteiger partial charge in [-0.1, -0.05) is 0 Å². The van der Waals surface area contributed by atoms with Crippen molar-refractivity contribution in [3.63, 3.8) is 0 Å². The predicted octanol–water partition coefficient (Wildman–Crippen LogP) is 2.45. The molecule has 4 aliphatic rings. The summed E-state index contributed by atoms with van der Waals surface area (Å²) in [7, 11) is 0. The van der Waals surface area contributed by atoms with Gasteiger partial charge in [-0.25, -0.2) is 43.2 Å². The van der Waals surface area contributed by atoms with E-state index in [-0.39, 0.29) is 18.2 Å². The predicted molar refractivity (Wildman–Crippen MR) is 379 cm³/mol. The van der Waals surface area contributed by atoms with Gasteiger partial charge < -0.3 is 190 Å². The van der Waals surface area contributed by atoms with E-state index in [9.17, 15) is 167 Å². The minimum atomic E-state index is -3.25. The molecule has 1 unspecified atom stereocenters. The zero-order valence-corrected chi connectivity index (χ0v) is 59.9. The zero-order chi connectivity index (χ0) is 89.2. The quantitative estimate of drug-likeness (QED) is 0.0448. The Balaban J connectivity index is 1.02. The van der Waals surface area contributed by atoms with Crippen LogP contribution in [0.5, 0.6) is 155 Å². The number of phenols is 27. The fraction of sp³-hybridized carbons (Fsp3) is 0.160. The van der Waals surface area contributed by atoms with Crippen LogP contribution < -0.4 is 0 Å². The van der Waals surface area contributed by atoms with Gasteiger partial charge in [0, 0.05) is 33.4 Å². The highest BCUT2D eigenvalue weighted by atomic mass is 16.8. The highest BCUT2D eigenvalue weighted by Crippen LogP contribution is 2.62. The molecule has 10 atom stereocenters. The summed E-state index contributed by atoms with van der Waals surface area (Å²) >= 11 is 0. The number of esters is 9. The van der Waals surface area contributed by atoms with Gasteiger partial charge in [0.1, 0.15) is 25.4 Å². The topological polar surface area (TPSA) is 812 Å². The third kappa shape index (κ3) is 13.9. The summed E-state index contributed by atoms with van der Waals surface area (Å²) in [5, 5.41) is 310. The molecule has 122 heavy (non-hydrogen) atoms. The first-order valence-electron chi connectivity index (χ1n) is 33.9. The molecule has 4 aliphatic heterocycles. The molecule has 13 rings (SSSR count). The molecule has 0 radical (unpaired) electrons. The van der Waals surface area contributed by atoms with Gasteiger partial charge in [-0.2, -0.15) is 0 Å². The fourth-order valence-electron chi connectivity index (χ4n) is 13.6. The summed E-state index contributed by atoms with van der Waals surface area (Å²) in [5.41, 5.74) is -20.0. The van der Waals surface area contributed by atoms with Gasteiger partial charge in [0.15, 0.2) is 157 Å². The number of fused-ring (bicyclic) bond motifs is 7. The van der Waals surface area contributed by atoms with E-state index in [1.165, 1.54) is 0 Å². The van der Waals surface area contributed by atoms with E-state index in [4.69, 9.17) is 47.4 Å². The Labute approximate surface area is 670 Å². The van der Waals surface area contributed by atoms with Crippen molar-refractivity contribution in [3.8, 4) is 177 Å². The number of aromatic hydroxyl groups is 27. The largest absolute Gasteiger partial charge is 0.504 e. The highest BCUT2D eigenvalue weighted by molar-refractivity contribution is 6.12. The molecule has 0 aliphatic carbocycles. The number of rotatable bonds is 13. The maximum atomic E-state index is 15.8. The van der Waals surface area contributed by atoms with E-state index in [1.54, 1.807) is 0 Å². The summed E-state index contributed by atoms with van der Waals surface area (Å²) < 4.78 is 57.1. The summed E-state index contributed by atoms with van der Waals surface area (Å²) in [4.78, 5) is 134. The van der Waals surface area contributed by atoms with E-state index in [1.807, 2.05) is 0 Å². The van der Waals surface area contributed by atoms with Crippen molar-refractivity contribution >= 4 is 53.7 Å². The van der Waals surface area contributed by atoms with Gasteiger partial charge in [0.25, 0.3) is 0 Å². The van der Waals surface area contributed by atoms with Crippen LogP contribution in [0.15, 0.2) is 72.8 Å². The van der Waals surface area contributed by atoms with Crippen LogP contribution in [0.25, 0.3) is 22.3 Å². The standard InChI is InChI=1S/C75H54O47/c76-23-1-15(2-24(77)45(23)89)66(104)117-61-36(115-75(122-69(107)18-7-29(82)48(92)30(83)8-18)65(121-68(106)17-5-27(80)47(91)28(81)6-17)64(61)119-67(105)16-3-25(78)46(90)26(79)4-16)14-114-71(109)20-10-32(85)52(96)56(100)40(20)43-42-44-41(57(101)59(103)58(42)102)39-22(12-34(87)51(95)55(39)99)73(111)120-63(62(43)118-74(44)112)60-35(88)13-113-70(108)19-9-31(84)49(93)53(97)37(19)38-21(72(110)116-60)11-33(86)50(94)54(38)98/h1-12,35-36,43,60-65,75-103H,13-14H2/t35-,36-,43+,60-,61-,62+,63?,64+,65-,75+/m1/s1. The molecule has 2 bridgehead atoms. The highest BCUT2D eigenvalue weighted by Gasteiger charge is 2.58. The van der Waals surface area contributed by atoms with Gasteiger partial charge in [-0.3, -0.25) is 0 Å². The smallest absolute Gasteiger partial charge is 0.340 e. The molecule has 0 amide bonds. The average molecular weight is 1710 g/mol. The molecule has 28 N–H and O–H groups in total. The summed E-state index contributed by atoms with van der Waals surface area (Å²) in [5.74, 6) is -62.4. The van der Waals surface area contributed by atoms with Crippen molar-refractivity contribution in [1.82, 2.24) is 0 Å². The number of cyclic esters (lactones) is 3. The maximum Gasteiger partial charge on any atom is 0.340 e. The van der Waals surface area contributed by atoms with Gasteiger partial charge in [-0.15, -0.1) is 0 Å². The number of hydrogen-bond acceptors (Lipinski definition) is 47. The fourth-order valence-corrected chi connectivity index (χ4v) is 13.6.